The Morgan fingerprint density at radius 3 is 2.14 bits per heavy atom. The quantitative estimate of drug-likeness (QED) is 0.604. The van der Waals surface area contributed by atoms with Crippen molar-refractivity contribution in [1.29, 1.82) is 0 Å². The van der Waals surface area contributed by atoms with Crippen LogP contribution in [0.15, 0.2) is 0 Å². The van der Waals surface area contributed by atoms with Crippen molar-refractivity contribution in [2.75, 3.05) is 12.4 Å². The lowest BCUT2D eigenvalue weighted by molar-refractivity contribution is -0.133. The third kappa shape index (κ3) is 14.3. The standard InChI is InChI=1S/C8H18O.C2H4O2S/c1-3-5-6-8(4-2)7-9;3-2(4)1-5/h8-9H,3-7H2,1-2H3;5H,1H2,(H,3,4). The fourth-order valence-electron chi connectivity index (χ4n) is 0.917. The van der Waals surface area contributed by atoms with Gasteiger partial charge in [0.25, 0.3) is 0 Å². The number of unbranched alkanes of at least 4 members (excludes halogenated alkanes) is 1. The second kappa shape index (κ2) is 12.8. The zero-order valence-electron chi connectivity index (χ0n) is 9.07. The third-order valence-corrected chi connectivity index (χ3v) is 2.21. The fourth-order valence-corrected chi connectivity index (χ4v) is 0.917. The number of aliphatic hydroxyl groups excluding tert-OH is 1. The van der Waals surface area contributed by atoms with Gasteiger partial charge in [0.2, 0.25) is 0 Å². The zero-order valence-corrected chi connectivity index (χ0v) is 9.96. The molecule has 0 bridgehead atoms. The lowest BCUT2D eigenvalue weighted by Gasteiger charge is -2.08. The normalized spacial score (nSPS) is 11.4. The molecule has 3 nitrogen and oxygen atoms in total. The number of hydrogen-bond donors (Lipinski definition) is 3. The predicted octanol–water partition coefficient (Wildman–Crippen LogP) is 2.20. The van der Waals surface area contributed by atoms with Gasteiger partial charge in [0.1, 0.15) is 0 Å². The van der Waals surface area contributed by atoms with Crippen molar-refractivity contribution < 1.29 is 15.0 Å². The lowest BCUT2D eigenvalue weighted by Crippen LogP contribution is -2.03. The highest BCUT2D eigenvalue weighted by atomic mass is 32.1. The highest BCUT2D eigenvalue weighted by Crippen LogP contribution is 2.10. The number of rotatable bonds is 6. The van der Waals surface area contributed by atoms with Crippen LogP contribution in [0.1, 0.15) is 39.5 Å². The van der Waals surface area contributed by atoms with Gasteiger partial charge in [-0.3, -0.25) is 4.79 Å². The van der Waals surface area contributed by atoms with Crippen LogP contribution < -0.4 is 0 Å². The van der Waals surface area contributed by atoms with Gasteiger partial charge in [-0.25, -0.2) is 0 Å². The van der Waals surface area contributed by atoms with Crippen LogP contribution in [0.2, 0.25) is 0 Å². The highest BCUT2D eigenvalue weighted by molar-refractivity contribution is 7.81. The van der Waals surface area contributed by atoms with Gasteiger partial charge in [-0.1, -0.05) is 33.1 Å². The number of carboxylic acid groups (broad SMARTS) is 1. The predicted molar refractivity (Wildman–Crippen MR) is 61.9 cm³/mol. The molecule has 0 aliphatic heterocycles. The van der Waals surface area contributed by atoms with Crippen molar-refractivity contribution >= 4 is 18.6 Å². The summed E-state index contributed by atoms with van der Waals surface area (Å²) in [5.41, 5.74) is 0. The van der Waals surface area contributed by atoms with Gasteiger partial charge in [0.15, 0.2) is 0 Å². The molecule has 86 valence electrons. The number of aliphatic hydroxyl groups is 1. The Labute approximate surface area is 91.9 Å². The molecule has 1 atom stereocenters. The fraction of sp³-hybridized carbons (Fsp3) is 0.900. The molecule has 0 heterocycles. The first kappa shape index (κ1) is 16.2. The molecule has 0 saturated heterocycles. The first-order valence-electron chi connectivity index (χ1n) is 5.05. The average Bonchev–Trinajstić information content (AvgIpc) is 2.20. The van der Waals surface area contributed by atoms with Crippen LogP contribution in [-0.2, 0) is 4.79 Å². The minimum Gasteiger partial charge on any atom is -0.481 e. The molecule has 0 aliphatic rings. The van der Waals surface area contributed by atoms with Gasteiger partial charge >= 0.3 is 5.97 Å². The second-order valence-electron chi connectivity index (χ2n) is 3.15. The van der Waals surface area contributed by atoms with Crippen LogP contribution in [0, 0.1) is 5.92 Å². The molecule has 0 fully saturated rings. The van der Waals surface area contributed by atoms with E-state index in [1.165, 1.54) is 19.3 Å². The summed E-state index contributed by atoms with van der Waals surface area (Å²) in [6, 6.07) is 0. The maximum absolute atomic E-state index is 9.29. The number of hydrogen-bond acceptors (Lipinski definition) is 3. The second-order valence-corrected chi connectivity index (χ2v) is 3.47. The zero-order chi connectivity index (χ0) is 11.4. The molecule has 1 unspecified atom stereocenters. The summed E-state index contributed by atoms with van der Waals surface area (Å²) >= 11 is 3.42. The van der Waals surface area contributed by atoms with Crippen LogP contribution >= 0.6 is 12.6 Å². The first-order chi connectivity index (χ1) is 6.62. The Bertz CT molecular complexity index is 125. The molecule has 0 aliphatic carbocycles. The summed E-state index contributed by atoms with van der Waals surface area (Å²) in [6.45, 7) is 4.69. The van der Waals surface area contributed by atoms with Crippen LogP contribution in [0.25, 0.3) is 0 Å². The Hall–Kier alpha value is -0.220. The topological polar surface area (TPSA) is 57.5 Å². The van der Waals surface area contributed by atoms with Crippen molar-refractivity contribution in [2.45, 2.75) is 39.5 Å². The minimum absolute atomic E-state index is 0.0833. The molecule has 2 N–H and O–H groups in total. The van der Waals surface area contributed by atoms with Crippen molar-refractivity contribution in [2.24, 2.45) is 5.92 Å². The van der Waals surface area contributed by atoms with Gasteiger partial charge < -0.3 is 10.2 Å². The maximum atomic E-state index is 9.29. The van der Waals surface area contributed by atoms with E-state index in [0.717, 1.165) is 6.42 Å². The molecule has 0 radical (unpaired) electrons. The SMILES string of the molecule is CCCCC(CC)CO.O=C(O)CS. The van der Waals surface area contributed by atoms with Crippen molar-refractivity contribution in [3.8, 4) is 0 Å². The van der Waals surface area contributed by atoms with Gasteiger partial charge in [-0.05, 0) is 12.3 Å². The van der Waals surface area contributed by atoms with Gasteiger partial charge in [-0.2, -0.15) is 12.6 Å². The molecule has 0 aromatic rings. The van der Waals surface area contributed by atoms with E-state index in [1.54, 1.807) is 0 Å². The number of aliphatic carboxylic acids is 1. The highest BCUT2D eigenvalue weighted by Gasteiger charge is 2.01. The Morgan fingerprint density at radius 1 is 1.43 bits per heavy atom. The van der Waals surface area contributed by atoms with Gasteiger partial charge in [-0.15, -0.1) is 0 Å². The minimum atomic E-state index is -0.881. The van der Waals surface area contributed by atoms with E-state index in [2.05, 4.69) is 26.5 Å². The third-order valence-electron chi connectivity index (χ3n) is 1.94. The van der Waals surface area contributed by atoms with Crippen molar-refractivity contribution in [3.05, 3.63) is 0 Å². The molecule has 4 heteroatoms. The first-order valence-corrected chi connectivity index (χ1v) is 5.69. The summed E-state index contributed by atoms with van der Waals surface area (Å²) in [4.78, 5) is 9.29. The van der Waals surface area contributed by atoms with Crippen LogP contribution in [0.3, 0.4) is 0 Å². The van der Waals surface area contributed by atoms with E-state index >= 15 is 0 Å². The van der Waals surface area contributed by atoms with Gasteiger partial charge in [0.05, 0.1) is 5.75 Å². The summed E-state index contributed by atoms with van der Waals surface area (Å²) in [6.07, 6.45) is 4.83. The van der Waals surface area contributed by atoms with Crippen LogP contribution in [0.5, 0.6) is 0 Å². The molecular weight excluding hydrogens is 200 g/mol. The van der Waals surface area contributed by atoms with Crippen molar-refractivity contribution in [1.82, 2.24) is 0 Å². The number of thiol groups is 1. The molecule has 14 heavy (non-hydrogen) atoms. The Balaban J connectivity index is 0. The van der Waals surface area contributed by atoms with E-state index < -0.39 is 5.97 Å². The Morgan fingerprint density at radius 2 is 1.93 bits per heavy atom. The molecule has 0 aromatic carbocycles. The smallest absolute Gasteiger partial charge is 0.313 e. The molecule has 0 aromatic heterocycles. The van der Waals surface area contributed by atoms with Gasteiger partial charge in [0, 0.05) is 6.61 Å². The molecule has 0 rings (SSSR count). The largest absolute Gasteiger partial charge is 0.481 e. The van der Waals surface area contributed by atoms with Crippen LogP contribution in [0.4, 0.5) is 0 Å². The average molecular weight is 222 g/mol. The van der Waals surface area contributed by atoms with E-state index in [0.29, 0.717) is 12.5 Å². The maximum Gasteiger partial charge on any atom is 0.313 e. The number of carboxylic acids is 1. The Kier molecular flexibility index (Phi) is 14.8. The van der Waals surface area contributed by atoms with E-state index in [4.69, 9.17) is 10.2 Å². The van der Waals surface area contributed by atoms with E-state index in [-0.39, 0.29) is 5.75 Å². The molecule has 0 spiro atoms. The van der Waals surface area contributed by atoms with E-state index in [1.807, 2.05) is 0 Å². The van der Waals surface area contributed by atoms with E-state index in [9.17, 15) is 4.79 Å². The molecular formula is C10H22O3S. The summed E-state index contributed by atoms with van der Waals surface area (Å²) in [5.74, 6) is -0.404. The summed E-state index contributed by atoms with van der Waals surface area (Å²) < 4.78 is 0. The lowest BCUT2D eigenvalue weighted by atomic mass is 10.0. The molecule has 0 saturated carbocycles. The summed E-state index contributed by atoms with van der Waals surface area (Å²) in [5, 5.41) is 16.4. The van der Waals surface area contributed by atoms with Crippen LogP contribution in [-0.4, -0.2) is 28.5 Å². The molecule has 0 amide bonds. The number of carbonyl (C=O) groups is 1. The summed E-state index contributed by atoms with van der Waals surface area (Å²) in [7, 11) is 0. The van der Waals surface area contributed by atoms with Crippen molar-refractivity contribution in [3.63, 3.8) is 0 Å². The monoisotopic (exact) mass is 222 g/mol.